The Morgan fingerprint density at radius 1 is 1.09 bits per heavy atom. The van der Waals surface area contributed by atoms with E-state index < -0.39 is 17.2 Å². The van der Waals surface area contributed by atoms with Crippen molar-refractivity contribution in [3.05, 3.63) is 77.9 Å². The van der Waals surface area contributed by atoms with Crippen LogP contribution in [0, 0.1) is 11.2 Å². The summed E-state index contributed by atoms with van der Waals surface area (Å²) < 4.78 is 41.2. The van der Waals surface area contributed by atoms with E-state index in [4.69, 9.17) is 0 Å². The van der Waals surface area contributed by atoms with Gasteiger partial charge in [0.05, 0.1) is 40.8 Å². The molecule has 0 spiro atoms. The maximum Gasteiger partial charge on any atom is 0.272 e. The van der Waals surface area contributed by atoms with Gasteiger partial charge in [-0.2, -0.15) is 0 Å². The number of pyridine rings is 1. The molecule has 4 rings (SSSR count). The molecule has 2 N–H and O–H groups in total. The Morgan fingerprint density at radius 2 is 1.82 bits per heavy atom. The van der Waals surface area contributed by atoms with E-state index in [0.29, 0.717) is 29.8 Å². The number of carbonyl (C=O) groups excluding carboxylic acids is 2. The molecular formula is C24H22F3N5O2. The van der Waals surface area contributed by atoms with Crippen LogP contribution in [0.3, 0.4) is 0 Å². The summed E-state index contributed by atoms with van der Waals surface area (Å²) in [6, 6.07) is 6.24. The van der Waals surface area contributed by atoms with Crippen molar-refractivity contribution in [1.82, 2.24) is 20.3 Å². The summed E-state index contributed by atoms with van der Waals surface area (Å²) >= 11 is 0. The molecule has 0 aliphatic heterocycles. The summed E-state index contributed by atoms with van der Waals surface area (Å²) in [6.07, 6.45) is 6.92. The molecule has 2 heterocycles. The highest BCUT2D eigenvalue weighted by Gasteiger charge is 2.51. The molecule has 34 heavy (non-hydrogen) atoms. The number of amides is 1. The highest BCUT2D eigenvalue weighted by Crippen LogP contribution is 2.49. The minimum Gasteiger partial charge on any atom is -0.354 e. The highest BCUT2D eigenvalue weighted by atomic mass is 19.3. The van der Waals surface area contributed by atoms with Crippen LogP contribution in [-0.2, 0) is 17.3 Å². The quantitative estimate of drug-likeness (QED) is 0.447. The highest BCUT2D eigenvalue weighted by molar-refractivity contribution is 6.00. The minimum atomic E-state index is -3.15. The van der Waals surface area contributed by atoms with Crippen molar-refractivity contribution in [3.63, 3.8) is 0 Å². The third-order valence-electron chi connectivity index (χ3n) is 5.71. The molecule has 1 aromatic carbocycles. The zero-order valence-corrected chi connectivity index (χ0v) is 18.3. The van der Waals surface area contributed by atoms with E-state index in [1.54, 1.807) is 12.1 Å². The normalized spacial score (nSPS) is 14.4. The number of carbonyl (C=O) groups is 2. The lowest BCUT2D eigenvalue weighted by Crippen LogP contribution is -2.33. The number of hydrogen-bond donors (Lipinski definition) is 2. The second-order valence-electron chi connectivity index (χ2n) is 8.43. The number of nitrogens with zero attached hydrogens (tertiary/aromatic N) is 3. The lowest BCUT2D eigenvalue weighted by molar-refractivity contribution is -0.126. The summed E-state index contributed by atoms with van der Waals surface area (Å²) in [5.41, 5.74) is 0.177. The number of nitrogens with one attached hydrogen (secondary N) is 2. The molecule has 176 valence electrons. The van der Waals surface area contributed by atoms with Crippen LogP contribution in [0.2, 0.25) is 0 Å². The van der Waals surface area contributed by atoms with Gasteiger partial charge >= 0.3 is 0 Å². The lowest BCUT2D eigenvalue weighted by Gasteiger charge is -2.17. The maximum atomic E-state index is 13.8. The molecule has 10 heteroatoms. The van der Waals surface area contributed by atoms with E-state index in [0.717, 1.165) is 25.1 Å². The summed E-state index contributed by atoms with van der Waals surface area (Å²) in [6.45, 7) is 0.880. The number of Topliss-reactive ketones (excluding diaryl/α,β-unsaturated/α-hetero) is 1. The molecule has 2 aromatic heterocycles. The number of benzene rings is 1. The van der Waals surface area contributed by atoms with E-state index in [1.165, 1.54) is 24.9 Å². The van der Waals surface area contributed by atoms with Crippen molar-refractivity contribution in [2.45, 2.75) is 38.7 Å². The number of alkyl halides is 2. The van der Waals surface area contributed by atoms with Gasteiger partial charge in [-0.1, -0.05) is 0 Å². The standard InChI is InChI=1S/C24H22F3N5O2/c1-23(26,27)19-5-2-16(25)8-20(19)32-18-4-3-17(30-13-18)12-31-22(34)24(6-7-24)9-21(33)15-10-28-14-29-11-15/h2-5,8,10-11,13-14,32H,6-7,9,12H2,1H3,(H,31,34). The number of rotatable bonds is 9. The van der Waals surface area contributed by atoms with Gasteiger partial charge in [0.2, 0.25) is 5.91 Å². The molecule has 3 aromatic rings. The Labute approximate surface area is 193 Å². The van der Waals surface area contributed by atoms with Crippen LogP contribution in [-0.4, -0.2) is 26.6 Å². The van der Waals surface area contributed by atoms with E-state index in [1.807, 2.05) is 0 Å². The van der Waals surface area contributed by atoms with Crippen LogP contribution in [0.1, 0.15) is 47.8 Å². The van der Waals surface area contributed by atoms with Gasteiger partial charge in [0.25, 0.3) is 5.92 Å². The fourth-order valence-electron chi connectivity index (χ4n) is 3.61. The fourth-order valence-corrected chi connectivity index (χ4v) is 3.61. The Morgan fingerprint density at radius 3 is 2.44 bits per heavy atom. The molecule has 0 atom stereocenters. The van der Waals surface area contributed by atoms with Crippen molar-refractivity contribution in [2.75, 3.05) is 5.32 Å². The molecule has 0 bridgehead atoms. The van der Waals surface area contributed by atoms with Gasteiger partial charge in [-0.3, -0.25) is 14.6 Å². The molecule has 0 radical (unpaired) electrons. The number of anilines is 2. The summed E-state index contributed by atoms with van der Waals surface area (Å²) in [5.74, 6) is -4.20. The lowest BCUT2D eigenvalue weighted by atomic mass is 9.96. The van der Waals surface area contributed by atoms with Crippen molar-refractivity contribution >= 4 is 23.1 Å². The van der Waals surface area contributed by atoms with E-state index in [2.05, 4.69) is 25.6 Å². The molecule has 0 saturated heterocycles. The monoisotopic (exact) mass is 469 g/mol. The first kappa shape index (κ1) is 23.3. The van der Waals surface area contributed by atoms with Crippen LogP contribution in [0.5, 0.6) is 0 Å². The van der Waals surface area contributed by atoms with Crippen LogP contribution < -0.4 is 10.6 Å². The van der Waals surface area contributed by atoms with Crippen LogP contribution in [0.4, 0.5) is 24.5 Å². The van der Waals surface area contributed by atoms with Crippen LogP contribution in [0.25, 0.3) is 0 Å². The first-order chi connectivity index (χ1) is 16.2. The maximum absolute atomic E-state index is 13.8. The topological polar surface area (TPSA) is 96.9 Å². The Balaban J connectivity index is 1.35. The second kappa shape index (κ2) is 9.20. The smallest absolute Gasteiger partial charge is 0.272 e. The van der Waals surface area contributed by atoms with Gasteiger partial charge in [0, 0.05) is 31.3 Å². The molecule has 1 fully saturated rings. The predicted octanol–water partition coefficient (Wildman–Crippen LogP) is 4.54. The third-order valence-corrected chi connectivity index (χ3v) is 5.71. The Bertz CT molecular complexity index is 1190. The van der Waals surface area contributed by atoms with E-state index >= 15 is 0 Å². The molecule has 1 aliphatic rings. The van der Waals surface area contributed by atoms with Crippen molar-refractivity contribution < 1.29 is 22.8 Å². The predicted molar refractivity (Wildman–Crippen MR) is 118 cm³/mol. The first-order valence-electron chi connectivity index (χ1n) is 10.6. The summed E-state index contributed by atoms with van der Waals surface area (Å²) in [5, 5.41) is 5.58. The first-order valence-corrected chi connectivity index (χ1v) is 10.6. The van der Waals surface area contributed by atoms with Crippen molar-refractivity contribution in [3.8, 4) is 0 Å². The van der Waals surface area contributed by atoms with Gasteiger partial charge in [-0.15, -0.1) is 0 Å². The average molecular weight is 469 g/mol. The number of hydrogen-bond acceptors (Lipinski definition) is 6. The van der Waals surface area contributed by atoms with Gasteiger partial charge in [0.15, 0.2) is 5.78 Å². The number of ketones is 1. The second-order valence-corrected chi connectivity index (χ2v) is 8.43. The van der Waals surface area contributed by atoms with E-state index in [9.17, 15) is 22.8 Å². The molecule has 1 aliphatic carbocycles. The fraction of sp³-hybridized carbons (Fsp3) is 0.292. The molecule has 1 saturated carbocycles. The third kappa shape index (κ3) is 5.38. The number of aromatic nitrogens is 3. The zero-order chi connectivity index (χ0) is 24.3. The van der Waals surface area contributed by atoms with Crippen molar-refractivity contribution in [1.29, 1.82) is 0 Å². The molecule has 0 unspecified atom stereocenters. The van der Waals surface area contributed by atoms with E-state index in [-0.39, 0.29) is 35.9 Å². The molecule has 1 amide bonds. The average Bonchev–Trinajstić information content (AvgIpc) is 3.59. The van der Waals surface area contributed by atoms with Crippen LogP contribution >= 0.6 is 0 Å². The Kier molecular flexibility index (Phi) is 6.32. The number of halogens is 3. The van der Waals surface area contributed by atoms with Gasteiger partial charge < -0.3 is 10.6 Å². The minimum absolute atomic E-state index is 0.0560. The summed E-state index contributed by atoms with van der Waals surface area (Å²) in [4.78, 5) is 37.0. The van der Waals surface area contributed by atoms with Gasteiger partial charge in [-0.05, 0) is 43.2 Å². The molecular weight excluding hydrogens is 447 g/mol. The van der Waals surface area contributed by atoms with Crippen molar-refractivity contribution in [2.24, 2.45) is 5.41 Å². The largest absolute Gasteiger partial charge is 0.354 e. The SMILES string of the molecule is CC(F)(F)c1ccc(F)cc1Nc1ccc(CNC(=O)C2(CC(=O)c3cncnc3)CC2)nc1. The summed E-state index contributed by atoms with van der Waals surface area (Å²) in [7, 11) is 0. The van der Waals surface area contributed by atoms with Gasteiger partial charge in [0.1, 0.15) is 12.1 Å². The van der Waals surface area contributed by atoms with Crippen LogP contribution in [0.15, 0.2) is 55.2 Å². The molecule has 7 nitrogen and oxygen atoms in total. The Hall–Kier alpha value is -3.82. The zero-order valence-electron chi connectivity index (χ0n) is 18.3. The van der Waals surface area contributed by atoms with Gasteiger partial charge in [-0.25, -0.2) is 23.1 Å².